The quantitative estimate of drug-likeness (QED) is 0.178. The Morgan fingerprint density at radius 3 is 1.27 bits per heavy atom. The molecular weight excluding hydrogens is 571 g/mol. The highest BCUT2D eigenvalue weighted by Gasteiger charge is 2.51. The van der Waals surface area contributed by atoms with E-state index in [0.29, 0.717) is 0 Å². The van der Waals surface area contributed by atoms with Crippen LogP contribution in [0.2, 0.25) is 0 Å². The summed E-state index contributed by atoms with van der Waals surface area (Å²) in [6, 6.07) is 52.4. The van der Waals surface area contributed by atoms with Crippen molar-refractivity contribution in [3.8, 4) is 0 Å². The van der Waals surface area contributed by atoms with Gasteiger partial charge in [0.05, 0.1) is 11.4 Å². The number of hydrogen-bond acceptors (Lipinski definition) is 4. The minimum absolute atomic E-state index is 1.23. The average molecular weight is 594 g/mol. The minimum Gasteiger partial charge on any atom is -0.308 e. The Bertz CT molecular complexity index is 1870. The predicted molar refractivity (Wildman–Crippen MR) is 177 cm³/mol. The first-order chi connectivity index (χ1) is 20.3. The lowest BCUT2D eigenvalue weighted by Gasteiger charge is -2.44. The van der Waals surface area contributed by atoms with E-state index in [-0.39, 0.29) is 0 Å². The maximum absolute atomic E-state index is 2.60. The summed E-state index contributed by atoms with van der Waals surface area (Å²) in [6.07, 6.45) is 0. The zero-order valence-corrected chi connectivity index (χ0v) is 25.4. The number of fused-ring (bicyclic) bond motifs is 10. The summed E-state index contributed by atoms with van der Waals surface area (Å²) in [4.78, 5) is 10.6. The number of hydrogen-bond donors (Lipinski definition) is 0. The Balaban J connectivity index is 1.38. The van der Waals surface area contributed by atoms with E-state index in [1.807, 2.05) is 35.3 Å². The van der Waals surface area contributed by atoms with Gasteiger partial charge in [-0.05, 0) is 81.4 Å². The van der Waals surface area contributed by atoms with E-state index in [2.05, 4.69) is 144 Å². The van der Waals surface area contributed by atoms with Crippen molar-refractivity contribution in [3.05, 3.63) is 140 Å². The van der Waals surface area contributed by atoms with Crippen LogP contribution in [0.3, 0.4) is 0 Å². The standard InChI is InChI=1S/C36H23NS3Si/c1-3-13-27-25(11-1)37(26-12-2-4-14-28(26)38-27)24-21-22-32-36(23-24)41(35-20-10-7-17-31(35)40-32)33-18-8-5-15-29(33)39-30-16-6-9-19-34(30)41/h1-23H. The minimum atomic E-state index is -2.60. The molecule has 0 atom stereocenters. The normalized spacial score (nSPS) is 15.2. The van der Waals surface area contributed by atoms with Gasteiger partial charge in [-0.15, -0.1) is 0 Å². The van der Waals surface area contributed by atoms with Crippen LogP contribution in [-0.2, 0) is 0 Å². The zero-order valence-electron chi connectivity index (χ0n) is 22.0. The van der Waals surface area contributed by atoms with Crippen LogP contribution < -0.4 is 25.6 Å². The van der Waals surface area contributed by atoms with Gasteiger partial charge >= 0.3 is 0 Å². The molecule has 6 aromatic carbocycles. The van der Waals surface area contributed by atoms with Gasteiger partial charge in [-0.25, -0.2) is 0 Å². The highest BCUT2D eigenvalue weighted by atomic mass is 32.2. The van der Waals surface area contributed by atoms with Crippen molar-refractivity contribution >= 4 is 81.2 Å². The molecule has 5 heteroatoms. The lowest BCUT2D eigenvalue weighted by molar-refractivity contribution is 1.16. The fourth-order valence-corrected chi connectivity index (χ4v) is 16.9. The molecule has 0 bridgehead atoms. The Kier molecular flexibility index (Phi) is 5.39. The van der Waals surface area contributed by atoms with Gasteiger partial charge in [0.2, 0.25) is 0 Å². The zero-order chi connectivity index (χ0) is 27.0. The smallest absolute Gasteiger partial charge is 0.184 e. The van der Waals surface area contributed by atoms with Crippen LogP contribution in [0.1, 0.15) is 0 Å². The fraction of sp³-hybridized carbons (Fsp3) is 0. The number of rotatable bonds is 1. The molecule has 0 saturated heterocycles. The SMILES string of the molecule is c1ccc2c(c1)Sc1ccccc1N2c1ccc2c(c1)[Si]1(c3ccccc3Sc3ccccc31)c1ccccc1S2. The maximum atomic E-state index is 2.54. The topological polar surface area (TPSA) is 3.24 Å². The highest BCUT2D eigenvalue weighted by molar-refractivity contribution is 8.01. The van der Waals surface area contributed by atoms with Crippen molar-refractivity contribution in [3.63, 3.8) is 0 Å². The number of para-hydroxylation sites is 2. The van der Waals surface area contributed by atoms with E-state index in [1.165, 1.54) is 67.2 Å². The van der Waals surface area contributed by atoms with E-state index in [9.17, 15) is 0 Å². The molecule has 3 aliphatic rings. The molecule has 0 radical (unpaired) electrons. The fourth-order valence-electron chi connectivity index (χ4n) is 6.73. The second-order valence-corrected chi connectivity index (χ2v) is 17.4. The van der Waals surface area contributed by atoms with Crippen LogP contribution >= 0.6 is 35.3 Å². The van der Waals surface area contributed by atoms with Gasteiger partial charge in [-0.2, -0.15) is 0 Å². The first-order valence-corrected chi connectivity index (χ1v) is 18.2. The third-order valence-electron chi connectivity index (χ3n) is 8.37. The first-order valence-electron chi connectivity index (χ1n) is 13.8. The van der Waals surface area contributed by atoms with Gasteiger partial charge in [0, 0.05) is 35.1 Å². The Labute approximate surface area is 253 Å². The van der Waals surface area contributed by atoms with Crippen molar-refractivity contribution < 1.29 is 0 Å². The summed E-state index contributed by atoms with van der Waals surface area (Å²) in [7, 11) is -2.60. The molecule has 41 heavy (non-hydrogen) atoms. The van der Waals surface area contributed by atoms with Crippen molar-refractivity contribution in [2.75, 3.05) is 4.90 Å². The second-order valence-electron chi connectivity index (χ2n) is 10.5. The van der Waals surface area contributed by atoms with Crippen LogP contribution in [0.5, 0.6) is 0 Å². The summed E-state index contributed by atoms with van der Waals surface area (Å²) in [5.74, 6) is 0. The second kappa shape index (κ2) is 9.20. The lowest BCUT2D eigenvalue weighted by atomic mass is 10.2. The largest absolute Gasteiger partial charge is 0.308 e. The summed E-state index contributed by atoms with van der Waals surface area (Å²) < 4.78 is 0. The van der Waals surface area contributed by atoms with E-state index in [0.717, 1.165) is 0 Å². The highest BCUT2D eigenvalue weighted by Crippen LogP contribution is 2.51. The number of anilines is 3. The summed E-state index contributed by atoms with van der Waals surface area (Å²) in [5.41, 5.74) is 3.72. The van der Waals surface area contributed by atoms with E-state index >= 15 is 0 Å². The molecular formula is C36H23NS3Si. The van der Waals surface area contributed by atoms with Crippen molar-refractivity contribution in [1.29, 1.82) is 0 Å². The van der Waals surface area contributed by atoms with Crippen LogP contribution in [-0.4, -0.2) is 8.07 Å². The molecule has 0 unspecified atom stereocenters. The monoisotopic (exact) mass is 593 g/mol. The van der Waals surface area contributed by atoms with Gasteiger partial charge in [-0.1, -0.05) is 114 Å². The third-order valence-corrected chi connectivity index (χ3v) is 17.5. The summed E-state index contributed by atoms with van der Waals surface area (Å²) >= 11 is 5.72. The predicted octanol–water partition coefficient (Wildman–Crippen LogP) is 7.93. The first kappa shape index (κ1) is 24.0. The van der Waals surface area contributed by atoms with Crippen molar-refractivity contribution in [2.45, 2.75) is 29.4 Å². The number of benzene rings is 6. The number of nitrogens with zero attached hydrogens (tertiary/aromatic N) is 1. The Hall–Kier alpha value is -3.61. The molecule has 3 aliphatic heterocycles. The molecule has 194 valence electrons. The van der Waals surface area contributed by atoms with Crippen molar-refractivity contribution in [2.24, 2.45) is 0 Å². The van der Waals surface area contributed by atoms with Crippen LogP contribution in [0, 0.1) is 0 Å². The molecule has 0 saturated carbocycles. The molecule has 1 spiro atoms. The van der Waals surface area contributed by atoms with E-state index in [4.69, 9.17) is 0 Å². The van der Waals surface area contributed by atoms with Gasteiger partial charge < -0.3 is 4.90 Å². The van der Waals surface area contributed by atoms with Gasteiger partial charge in [0.25, 0.3) is 0 Å². The molecule has 1 nitrogen and oxygen atoms in total. The van der Waals surface area contributed by atoms with Gasteiger partial charge in [0.15, 0.2) is 8.07 Å². The molecule has 3 heterocycles. The molecule has 0 aliphatic carbocycles. The van der Waals surface area contributed by atoms with E-state index in [1.54, 1.807) is 0 Å². The van der Waals surface area contributed by atoms with Crippen LogP contribution in [0.25, 0.3) is 0 Å². The maximum Gasteiger partial charge on any atom is 0.184 e. The Morgan fingerprint density at radius 2 is 0.756 bits per heavy atom. The Morgan fingerprint density at radius 1 is 0.366 bits per heavy atom. The van der Waals surface area contributed by atoms with E-state index < -0.39 is 8.07 Å². The summed E-state index contributed by atoms with van der Waals surface area (Å²) in [5, 5.41) is 6.01. The molecule has 0 N–H and O–H groups in total. The lowest BCUT2D eigenvalue weighted by Crippen LogP contribution is -2.78. The van der Waals surface area contributed by atoms with Crippen LogP contribution in [0.15, 0.2) is 169 Å². The average Bonchev–Trinajstić information content (AvgIpc) is 3.03. The molecule has 9 rings (SSSR count). The third kappa shape index (κ3) is 3.41. The summed E-state index contributed by atoms with van der Waals surface area (Å²) in [6.45, 7) is 0. The molecule has 0 aromatic heterocycles. The van der Waals surface area contributed by atoms with Gasteiger partial charge in [0.1, 0.15) is 0 Å². The van der Waals surface area contributed by atoms with Crippen LogP contribution in [0.4, 0.5) is 17.1 Å². The molecule has 0 fully saturated rings. The molecule has 6 aromatic rings. The van der Waals surface area contributed by atoms with Crippen molar-refractivity contribution in [1.82, 2.24) is 0 Å². The van der Waals surface area contributed by atoms with Gasteiger partial charge in [-0.3, -0.25) is 0 Å². The molecule has 0 amide bonds.